The Hall–Kier alpha value is -1.90. The van der Waals surface area contributed by atoms with Crippen LogP contribution in [0.3, 0.4) is 0 Å². The molecule has 0 radical (unpaired) electrons. The first-order chi connectivity index (χ1) is 12.5. The highest BCUT2D eigenvalue weighted by molar-refractivity contribution is 7.91. The quantitative estimate of drug-likeness (QED) is 0.782. The van der Waals surface area contributed by atoms with Gasteiger partial charge in [0.15, 0.2) is 0 Å². The average Bonchev–Trinajstić information content (AvgIpc) is 3.32. The van der Waals surface area contributed by atoms with Gasteiger partial charge in [0.05, 0.1) is 13.5 Å². The summed E-state index contributed by atoms with van der Waals surface area (Å²) in [5.41, 5.74) is 0.843. The van der Waals surface area contributed by atoms with Crippen molar-refractivity contribution < 1.29 is 17.9 Å². The van der Waals surface area contributed by atoms with Crippen LogP contribution in [0.15, 0.2) is 40.6 Å². The maximum absolute atomic E-state index is 12.5. The highest BCUT2D eigenvalue weighted by Gasteiger charge is 2.21. The van der Waals surface area contributed by atoms with Crippen molar-refractivity contribution in [2.75, 3.05) is 20.2 Å². The number of carbonyl (C=O) groups excluding carboxylic acids is 1. The molecule has 6 nitrogen and oxygen atoms in total. The zero-order valence-electron chi connectivity index (χ0n) is 14.6. The Kier molecular flexibility index (Phi) is 5.95. The second-order valence-corrected chi connectivity index (χ2v) is 9.32. The molecular weight excluding hydrogens is 372 g/mol. The Labute approximate surface area is 157 Å². The Bertz CT molecular complexity index is 854. The number of thiophene rings is 1. The van der Waals surface area contributed by atoms with Crippen molar-refractivity contribution in [3.05, 3.63) is 46.8 Å². The molecule has 1 fully saturated rings. The predicted octanol–water partition coefficient (Wildman–Crippen LogP) is 2.40. The normalized spacial score (nSPS) is 14.6. The third kappa shape index (κ3) is 4.63. The van der Waals surface area contributed by atoms with Crippen molar-refractivity contribution in [1.29, 1.82) is 0 Å². The van der Waals surface area contributed by atoms with E-state index in [-0.39, 0.29) is 23.1 Å². The summed E-state index contributed by atoms with van der Waals surface area (Å²) in [4.78, 5) is 14.8. The fourth-order valence-corrected chi connectivity index (χ4v) is 5.23. The van der Waals surface area contributed by atoms with Crippen LogP contribution in [0.25, 0.3) is 0 Å². The van der Waals surface area contributed by atoms with Gasteiger partial charge < -0.3 is 9.64 Å². The molecule has 1 aromatic carbocycles. The first-order valence-corrected chi connectivity index (χ1v) is 10.8. The minimum atomic E-state index is -3.60. The number of sulfonamides is 1. The smallest absolute Gasteiger partial charge is 0.250 e. The lowest BCUT2D eigenvalue weighted by Crippen LogP contribution is -2.28. The van der Waals surface area contributed by atoms with E-state index in [1.807, 2.05) is 17.0 Å². The molecule has 2 aromatic rings. The lowest BCUT2D eigenvalue weighted by atomic mass is 10.2. The molecule has 1 amide bonds. The molecule has 26 heavy (non-hydrogen) atoms. The van der Waals surface area contributed by atoms with Crippen LogP contribution >= 0.6 is 11.3 Å². The molecule has 2 heterocycles. The molecule has 0 saturated carbocycles. The third-order valence-corrected chi connectivity index (χ3v) is 7.29. The van der Waals surface area contributed by atoms with Crippen LogP contribution in [0.2, 0.25) is 0 Å². The van der Waals surface area contributed by atoms with Crippen LogP contribution in [0, 0.1) is 0 Å². The van der Waals surface area contributed by atoms with Gasteiger partial charge in [-0.15, -0.1) is 11.3 Å². The molecule has 0 bridgehead atoms. The maximum Gasteiger partial charge on any atom is 0.250 e. The van der Waals surface area contributed by atoms with Gasteiger partial charge in [-0.25, -0.2) is 13.1 Å². The molecule has 0 unspecified atom stereocenters. The van der Waals surface area contributed by atoms with Gasteiger partial charge in [-0.2, -0.15) is 0 Å². The van der Waals surface area contributed by atoms with Crippen molar-refractivity contribution >= 4 is 27.3 Å². The number of ether oxygens (including phenoxy) is 1. The van der Waals surface area contributed by atoms with E-state index in [2.05, 4.69) is 4.72 Å². The SMILES string of the molecule is COc1ccc(CNS(=O)(=O)c2ccc(CC(=O)N3CCCC3)s2)cc1. The molecular formula is C18H22N2O4S2. The summed E-state index contributed by atoms with van der Waals surface area (Å²) in [6, 6.07) is 10.5. The van der Waals surface area contributed by atoms with E-state index >= 15 is 0 Å². The van der Waals surface area contributed by atoms with Gasteiger partial charge >= 0.3 is 0 Å². The number of carbonyl (C=O) groups is 1. The minimum absolute atomic E-state index is 0.0690. The molecule has 140 valence electrons. The first-order valence-electron chi connectivity index (χ1n) is 8.47. The number of rotatable bonds is 7. The van der Waals surface area contributed by atoms with Crippen molar-refractivity contribution in [3.63, 3.8) is 0 Å². The number of nitrogens with zero attached hydrogens (tertiary/aromatic N) is 1. The summed E-state index contributed by atoms with van der Waals surface area (Å²) in [6.07, 6.45) is 2.36. The van der Waals surface area contributed by atoms with Crippen LogP contribution in [0.5, 0.6) is 5.75 Å². The number of nitrogens with one attached hydrogen (secondary N) is 1. The van der Waals surface area contributed by atoms with Gasteiger partial charge in [0.25, 0.3) is 0 Å². The van der Waals surface area contributed by atoms with Gasteiger partial charge in [-0.3, -0.25) is 4.79 Å². The van der Waals surface area contributed by atoms with Crippen LogP contribution in [0.1, 0.15) is 23.3 Å². The van der Waals surface area contributed by atoms with Gasteiger partial charge in [-0.1, -0.05) is 12.1 Å². The molecule has 8 heteroatoms. The average molecular weight is 395 g/mol. The Morgan fingerprint density at radius 2 is 1.85 bits per heavy atom. The van der Waals surface area contributed by atoms with Crippen molar-refractivity contribution in [3.8, 4) is 5.75 Å². The van der Waals surface area contributed by atoms with Crippen LogP contribution < -0.4 is 9.46 Å². The zero-order chi connectivity index (χ0) is 18.6. The molecule has 1 aliphatic rings. The molecule has 3 rings (SSSR count). The van der Waals surface area contributed by atoms with Crippen molar-refractivity contribution in [1.82, 2.24) is 9.62 Å². The second-order valence-electron chi connectivity index (χ2n) is 6.16. The molecule has 1 N–H and O–H groups in total. The number of methoxy groups -OCH3 is 1. The second kappa shape index (κ2) is 8.20. The first kappa shape index (κ1) is 18.9. The van der Waals surface area contributed by atoms with Gasteiger partial charge in [0, 0.05) is 24.5 Å². The summed E-state index contributed by atoms with van der Waals surface area (Å²) < 4.78 is 32.8. The number of hydrogen-bond acceptors (Lipinski definition) is 5. The summed E-state index contributed by atoms with van der Waals surface area (Å²) in [5.74, 6) is 0.793. The van der Waals surface area contributed by atoms with Crippen LogP contribution in [-0.2, 0) is 27.8 Å². The van der Waals surface area contributed by atoms with Crippen LogP contribution in [-0.4, -0.2) is 39.4 Å². The third-order valence-electron chi connectivity index (χ3n) is 4.31. The van der Waals surface area contributed by atoms with Gasteiger partial charge in [0.2, 0.25) is 15.9 Å². The minimum Gasteiger partial charge on any atom is -0.497 e. The topological polar surface area (TPSA) is 75.7 Å². The lowest BCUT2D eigenvalue weighted by Gasteiger charge is -2.14. The standard InChI is InChI=1S/C18H22N2O4S2/c1-24-15-6-4-14(5-7-15)13-19-26(22,23)18-9-8-16(25-18)12-17(21)20-10-2-3-11-20/h4-9,19H,2-3,10-13H2,1H3. The van der Waals surface area contributed by atoms with Gasteiger partial charge in [0.1, 0.15) is 9.96 Å². The summed E-state index contributed by atoms with van der Waals surface area (Å²) in [7, 11) is -2.01. The van der Waals surface area contributed by atoms with E-state index in [0.717, 1.165) is 53.5 Å². The molecule has 0 atom stereocenters. The number of amides is 1. The molecule has 0 aliphatic carbocycles. The zero-order valence-corrected chi connectivity index (χ0v) is 16.2. The molecule has 1 saturated heterocycles. The monoisotopic (exact) mass is 394 g/mol. The molecule has 1 aliphatic heterocycles. The highest BCUT2D eigenvalue weighted by Crippen LogP contribution is 2.23. The Morgan fingerprint density at radius 1 is 1.15 bits per heavy atom. The fraction of sp³-hybridized carbons (Fsp3) is 0.389. The highest BCUT2D eigenvalue weighted by atomic mass is 32.2. The Morgan fingerprint density at radius 3 is 2.50 bits per heavy atom. The van der Waals surface area contributed by atoms with E-state index < -0.39 is 10.0 Å². The summed E-state index contributed by atoms with van der Waals surface area (Å²) >= 11 is 1.15. The van der Waals surface area contributed by atoms with Crippen LogP contribution in [0.4, 0.5) is 0 Å². The van der Waals surface area contributed by atoms with E-state index in [0.29, 0.717) is 0 Å². The van der Waals surface area contributed by atoms with E-state index in [1.54, 1.807) is 31.4 Å². The number of likely N-dealkylation sites (tertiary alicyclic amines) is 1. The van der Waals surface area contributed by atoms with E-state index in [9.17, 15) is 13.2 Å². The fourth-order valence-electron chi connectivity index (χ4n) is 2.82. The Balaban J connectivity index is 1.60. The molecule has 0 spiro atoms. The van der Waals surface area contributed by atoms with Gasteiger partial charge in [-0.05, 0) is 42.7 Å². The number of benzene rings is 1. The van der Waals surface area contributed by atoms with E-state index in [1.165, 1.54) is 0 Å². The van der Waals surface area contributed by atoms with E-state index in [4.69, 9.17) is 4.74 Å². The predicted molar refractivity (Wildman–Crippen MR) is 101 cm³/mol. The van der Waals surface area contributed by atoms with Crippen molar-refractivity contribution in [2.45, 2.75) is 30.0 Å². The molecule has 1 aromatic heterocycles. The largest absolute Gasteiger partial charge is 0.497 e. The lowest BCUT2D eigenvalue weighted by molar-refractivity contribution is -0.129. The summed E-state index contributed by atoms with van der Waals surface area (Å²) in [6.45, 7) is 1.81. The summed E-state index contributed by atoms with van der Waals surface area (Å²) in [5, 5.41) is 0. The maximum atomic E-state index is 12.5. The van der Waals surface area contributed by atoms with Crippen molar-refractivity contribution in [2.24, 2.45) is 0 Å². The number of hydrogen-bond donors (Lipinski definition) is 1.